The highest BCUT2D eigenvalue weighted by atomic mass is 28.4. The molecule has 2 aliphatic rings. The fourth-order valence-electron chi connectivity index (χ4n) is 5.68. The van der Waals surface area contributed by atoms with Gasteiger partial charge in [-0.15, -0.1) is 0 Å². The molecule has 2 aliphatic carbocycles. The van der Waals surface area contributed by atoms with Gasteiger partial charge in [0.25, 0.3) is 8.32 Å². The van der Waals surface area contributed by atoms with Crippen molar-refractivity contribution in [3.63, 3.8) is 0 Å². The Morgan fingerprint density at radius 2 is 1.43 bits per heavy atom. The van der Waals surface area contributed by atoms with Crippen molar-refractivity contribution in [3.05, 3.63) is 60.7 Å². The highest BCUT2D eigenvalue weighted by Crippen LogP contribution is 2.60. The molecule has 3 nitrogen and oxygen atoms in total. The van der Waals surface area contributed by atoms with Gasteiger partial charge in [0.1, 0.15) is 0 Å². The summed E-state index contributed by atoms with van der Waals surface area (Å²) < 4.78 is 12.3. The van der Waals surface area contributed by atoms with Crippen molar-refractivity contribution < 1.29 is 14.0 Å². The van der Waals surface area contributed by atoms with Crippen molar-refractivity contribution in [2.45, 2.75) is 45.6 Å². The van der Waals surface area contributed by atoms with Crippen molar-refractivity contribution in [1.29, 1.82) is 0 Å². The highest BCUT2D eigenvalue weighted by molar-refractivity contribution is 6.99. The molecule has 2 unspecified atom stereocenters. The topological polar surface area (TPSA) is 35.5 Å². The first-order valence-corrected chi connectivity index (χ1v) is 13.2. The van der Waals surface area contributed by atoms with E-state index in [1.54, 1.807) is 0 Å². The second-order valence-corrected chi connectivity index (χ2v) is 14.2. The lowest BCUT2D eigenvalue weighted by Gasteiger charge is -2.43. The van der Waals surface area contributed by atoms with E-state index >= 15 is 0 Å². The standard InChI is InChI=1S/C26H34O3Si/c1-5-28-25(27)24-22-16-19(17-23(22)24)18-29-30(26(2,3)4,20-12-8-6-9-13-20)21-14-10-7-11-15-21/h6-15,19,22-24H,5,16-18H2,1-4H3. The molecule has 0 radical (unpaired) electrons. The SMILES string of the molecule is CCOC(=O)C1C2CC(CO[Si](c3ccccc3)(c3ccccc3)C(C)(C)C)CC21. The van der Waals surface area contributed by atoms with E-state index in [0.29, 0.717) is 24.4 Å². The number of esters is 1. The van der Waals surface area contributed by atoms with Crippen LogP contribution in [0.4, 0.5) is 0 Å². The van der Waals surface area contributed by atoms with Crippen molar-refractivity contribution in [2.24, 2.45) is 23.7 Å². The average molecular weight is 423 g/mol. The van der Waals surface area contributed by atoms with Gasteiger partial charge in [0.15, 0.2) is 0 Å². The maximum absolute atomic E-state index is 12.1. The second kappa shape index (κ2) is 8.31. The van der Waals surface area contributed by atoms with Crippen LogP contribution in [-0.4, -0.2) is 27.5 Å². The number of carbonyl (C=O) groups excluding carboxylic acids is 1. The zero-order valence-electron chi connectivity index (χ0n) is 18.6. The molecule has 2 aromatic carbocycles. The van der Waals surface area contributed by atoms with E-state index in [-0.39, 0.29) is 16.9 Å². The summed E-state index contributed by atoms with van der Waals surface area (Å²) in [5.74, 6) is 1.72. The van der Waals surface area contributed by atoms with E-state index in [9.17, 15) is 4.79 Å². The Morgan fingerprint density at radius 1 is 0.933 bits per heavy atom. The molecule has 0 heterocycles. The van der Waals surface area contributed by atoms with Crippen LogP contribution in [0.2, 0.25) is 5.04 Å². The van der Waals surface area contributed by atoms with Crippen molar-refractivity contribution in [3.8, 4) is 0 Å². The van der Waals surface area contributed by atoms with Gasteiger partial charge < -0.3 is 9.16 Å². The van der Waals surface area contributed by atoms with Crippen LogP contribution in [0.5, 0.6) is 0 Å². The van der Waals surface area contributed by atoms with Gasteiger partial charge in [-0.05, 0) is 52.9 Å². The number of hydrogen-bond donors (Lipinski definition) is 0. The lowest BCUT2D eigenvalue weighted by atomic mass is 10.0. The maximum Gasteiger partial charge on any atom is 0.309 e. The summed E-state index contributed by atoms with van der Waals surface area (Å²) >= 11 is 0. The minimum atomic E-state index is -2.47. The molecular weight excluding hydrogens is 388 g/mol. The molecule has 2 atom stereocenters. The number of carbonyl (C=O) groups is 1. The van der Waals surface area contributed by atoms with E-state index in [0.717, 1.165) is 19.4 Å². The normalized spacial score (nSPS) is 25.6. The van der Waals surface area contributed by atoms with Crippen molar-refractivity contribution >= 4 is 24.7 Å². The largest absolute Gasteiger partial charge is 0.466 e. The molecule has 0 aliphatic heterocycles. The smallest absolute Gasteiger partial charge is 0.309 e. The van der Waals surface area contributed by atoms with Gasteiger partial charge in [-0.25, -0.2) is 0 Å². The third-order valence-corrected chi connectivity index (χ3v) is 12.1. The van der Waals surface area contributed by atoms with Crippen LogP contribution in [-0.2, 0) is 14.0 Å². The second-order valence-electron chi connectivity index (χ2n) is 9.92. The minimum Gasteiger partial charge on any atom is -0.466 e. The first-order valence-electron chi connectivity index (χ1n) is 11.3. The summed E-state index contributed by atoms with van der Waals surface area (Å²) in [5.41, 5.74) is 0. The summed E-state index contributed by atoms with van der Waals surface area (Å²) in [7, 11) is -2.47. The number of ether oxygens (including phenoxy) is 1. The van der Waals surface area contributed by atoms with Crippen LogP contribution in [0.3, 0.4) is 0 Å². The molecule has 0 saturated heterocycles. The van der Waals surface area contributed by atoms with Crippen LogP contribution in [0.1, 0.15) is 40.5 Å². The lowest BCUT2D eigenvalue weighted by molar-refractivity contribution is -0.145. The fourth-order valence-corrected chi connectivity index (χ4v) is 10.3. The Morgan fingerprint density at radius 3 is 1.87 bits per heavy atom. The molecule has 2 fully saturated rings. The van der Waals surface area contributed by atoms with E-state index in [4.69, 9.17) is 9.16 Å². The van der Waals surface area contributed by atoms with Crippen LogP contribution in [0.25, 0.3) is 0 Å². The minimum absolute atomic E-state index is 0.00466. The molecule has 4 rings (SSSR count). The molecule has 0 aromatic heterocycles. The van der Waals surface area contributed by atoms with Gasteiger partial charge in [-0.1, -0.05) is 81.4 Å². The Labute approximate surface area is 181 Å². The van der Waals surface area contributed by atoms with E-state index in [1.165, 1.54) is 10.4 Å². The Hall–Kier alpha value is -1.91. The van der Waals surface area contributed by atoms with Gasteiger partial charge in [-0.3, -0.25) is 4.79 Å². The Kier molecular flexibility index (Phi) is 5.91. The van der Waals surface area contributed by atoms with E-state index in [2.05, 4.69) is 81.4 Å². The molecule has 160 valence electrons. The van der Waals surface area contributed by atoms with Gasteiger partial charge in [-0.2, -0.15) is 0 Å². The lowest BCUT2D eigenvalue weighted by Crippen LogP contribution is -2.66. The molecule has 0 spiro atoms. The predicted octanol–water partition coefficient (Wildman–Crippen LogP) is 4.40. The molecule has 2 saturated carbocycles. The van der Waals surface area contributed by atoms with Crippen LogP contribution in [0.15, 0.2) is 60.7 Å². The van der Waals surface area contributed by atoms with Crippen LogP contribution < -0.4 is 10.4 Å². The van der Waals surface area contributed by atoms with Gasteiger partial charge in [0, 0.05) is 6.61 Å². The molecule has 2 aromatic rings. The maximum atomic E-state index is 12.1. The zero-order valence-corrected chi connectivity index (χ0v) is 19.6. The molecule has 0 amide bonds. The number of fused-ring (bicyclic) bond motifs is 1. The van der Waals surface area contributed by atoms with Gasteiger partial charge in [0.2, 0.25) is 0 Å². The molecule has 30 heavy (non-hydrogen) atoms. The Balaban J connectivity index is 1.55. The average Bonchev–Trinajstić information content (AvgIpc) is 3.24. The summed E-state index contributed by atoms with van der Waals surface area (Å²) in [6.07, 6.45) is 2.18. The quantitative estimate of drug-likeness (QED) is 0.490. The summed E-state index contributed by atoms with van der Waals surface area (Å²) in [5, 5.41) is 2.66. The first-order chi connectivity index (χ1) is 14.4. The fraction of sp³-hybridized carbons (Fsp3) is 0.500. The zero-order chi connectivity index (χ0) is 21.4. The number of benzene rings is 2. The van der Waals surface area contributed by atoms with E-state index < -0.39 is 8.32 Å². The number of hydrogen-bond acceptors (Lipinski definition) is 3. The van der Waals surface area contributed by atoms with Crippen LogP contribution in [0, 0.1) is 23.7 Å². The first kappa shape index (κ1) is 21.3. The Bertz CT molecular complexity index is 807. The summed E-state index contributed by atoms with van der Waals surface area (Å²) in [6.45, 7) is 10.1. The summed E-state index contributed by atoms with van der Waals surface area (Å²) in [4.78, 5) is 12.1. The summed E-state index contributed by atoms with van der Waals surface area (Å²) in [6, 6.07) is 21.6. The third-order valence-electron chi connectivity index (χ3n) is 7.05. The van der Waals surface area contributed by atoms with Gasteiger partial charge >= 0.3 is 5.97 Å². The predicted molar refractivity (Wildman–Crippen MR) is 123 cm³/mol. The van der Waals surface area contributed by atoms with Crippen LogP contribution >= 0.6 is 0 Å². The highest BCUT2D eigenvalue weighted by Gasteiger charge is 2.60. The molecule has 4 heteroatoms. The van der Waals surface area contributed by atoms with E-state index in [1.807, 2.05) is 6.92 Å². The molecular formula is C26H34O3Si. The van der Waals surface area contributed by atoms with Gasteiger partial charge in [0.05, 0.1) is 12.5 Å². The third kappa shape index (κ3) is 3.76. The number of rotatable bonds is 7. The molecule has 0 N–H and O–H groups in total. The van der Waals surface area contributed by atoms with Crippen molar-refractivity contribution in [1.82, 2.24) is 0 Å². The van der Waals surface area contributed by atoms with Crippen molar-refractivity contribution in [2.75, 3.05) is 13.2 Å². The molecule has 0 bridgehead atoms. The monoisotopic (exact) mass is 422 g/mol.